The van der Waals surface area contributed by atoms with E-state index in [9.17, 15) is 21.6 Å². The SMILES string of the molecule is Cn1c(C2CCS(=O)(=O)C2)nn(CN(Cc2ccccc2C(F)(F)F)C2CC2)c1=S. The number of hydrogen-bond acceptors (Lipinski definition) is 5. The average molecular weight is 461 g/mol. The van der Waals surface area contributed by atoms with Crippen LogP contribution >= 0.6 is 12.2 Å². The van der Waals surface area contributed by atoms with Crippen LogP contribution < -0.4 is 0 Å². The van der Waals surface area contributed by atoms with Crippen molar-refractivity contribution in [2.75, 3.05) is 11.5 Å². The molecule has 0 radical (unpaired) electrons. The molecule has 164 valence electrons. The first-order valence-corrected chi connectivity index (χ1v) is 12.0. The summed E-state index contributed by atoms with van der Waals surface area (Å²) in [6.45, 7) is 0.412. The number of sulfone groups is 1. The first-order chi connectivity index (χ1) is 14.0. The summed E-state index contributed by atoms with van der Waals surface area (Å²) in [7, 11) is -1.31. The summed E-state index contributed by atoms with van der Waals surface area (Å²) in [5.74, 6) is 0.605. The van der Waals surface area contributed by atoms with Gasteiger partial charge in [0.25, 0.3) is 0 Å². The molecule has 1 saturated carbocycles. The number of rotatable bonds is 6. The van der Waals surface area contributed by atoms with E-state index >= 15 is 0 Å². The lowest BCUT2D eigenvalue weighted by Crippen LogP contribution is -2.30. The van der Waals surface area contributed by atoms with E-state index in [0.717, 1.165) is 18.9 Å². The quantitative estimate of drug-likeness (QED) is 0.618. The van der Waals surface area contributed by atoms with Crippen molar-refractivity contribution in [3.63, 3.8) is 0 Å². The Morgan fingerprint density at radius 1 is 1.23 bits per heavy atom. The molecule has 1 saturated heterocycles. The first kappa shape index (κ1) is 21.5. The van der Waals surface area contributed by atoms with E-state index in [1.165, 1.54) is 12.1 Å². The molecule has 0 N–H and O–H groups in total. The van der Waals surface area contributed by atoms with Crippen molar-refractivity contribution in [2.45, 2.75) is 50.6 Å². The maximum atomic E-state index is 13.4. The monoisotopic (exact) mass is 460 g/mol. The van der Waals surface area contributed by atoms with Crippen molar-refractivity contribution in [1.29, 1.82) is 0 Å². The number of nitrogens with zero attached hydrogens (tertiary/aromatic N) is 4. The molecule has 2 aliphatic rings. The van der Waals surface area contributed by atoms with Crippen LogP contribution in [0.5, 0.6) is 0 Å². The lowest BCUT2D eigenvalue weighted by atomic mass is 10.1. The summed E-state index contributed by atoms with van der Waals surface area (Å²) in [4.78, 5) is 1.96. The maximum absolute atomic E-state index is 13.4. The zero-order valence-electron chi connectivity index (χ0n) is 16.5. The molecule has 2 aromatic rings. The average Bonchev–Trinajstić information content (AvgIpc) is 3.40. The predicted molar refractivity (Wildman–Crippen MR) is 108 cm³/mol. The molecule has 1 aromatic heterocycles. The molecule has 1 aliphatic carbocycles. The third-order valence-corrected chi connectivity index (χ3v) is 8.00. The van der Waals surface area contributed by atoms with E-state index in [-0.39, 0.29) is 42.2 Å². The van der Waals surface area contributed by atoms with Gasteiger partial charge in [-0.15, -0.1) is 0 Å². The highest BCUT2D eigenvalue weighted by molar-refractivity contribution is 7.91. The molecule has 2 fully saturated rings. The minimum Gasteiger partial charge on any atom is -0.307 e. The molecule has 1 aromatic carbocycles. The summed E-state index contributed by atoms with van der Waals surface area (Å²) in [5, 5.41) is 4.57. The Kier molecular flexibility index (Phi) is 5.56. The Labute approximate surface area is 178 Å². The smallest absolute Gasteiger partial charge is 0.307 e. The molecular weight excluding hydrogens is 437 g/mol. The molecule has 30 heavy (non-hydrogen) atoms. The van der Waals surface area contributed by atoms with Crippen molar-refractivity contribution >= 4 is 22.1 Å². The Morgan fingerprint density at radius 2 is 1.93 bits per heavy atom. The fourth-order valence-electron chi connectivity index (χ4n) is 4.01. The highest BCUT2D eigenvalue weighted by Crippen LogP contribution is 2.35. The topological polar surface area (TPSA) is 60.1 Å². The first-order valence-electron chi connectivity index (χ1n) is 9.78. The van der Waals surface area contributed by atoms with Crippen LogP contribution in [0.2, 0.25) is 0 Å². The molecule has 0 amide bonds. The van der Waals surface area contributed by atoms with Gasteiger partial charge in [-0.25, -0.2) is 13.1 Å². The Morgan fingerprint density at radius 3 is 2.53 bits per heavy atom. The van der Waals surface area contributed by atoms with Crippen LogP contribution in [-0.4, -0.2) is 45.2 Å². The zero-order chi connectivity index (χ0) is 21.7. The van der Waals surface area contributed by atoms with Crippen molar-refractivity contribution < 1.29 is 21.6 Å². The predicted octanol–water partition coefficient (Wildman–Crippen LogP) is 3.49. The number of alkyl halides is 3. The van der Waals surface area contributed by atoms with E-state index in [1.807, 2.05) is 4.90 Å². The largest absolute Gasteiger partial charge is 0.416 e. The number of halogens is 3. The third-order valence-electron chi connectivity index (χ3n) is 5.75. The third kappa shape index (κ3) is 4.47. The number of benzene rings is 1. The lowest BCUT2D eigenvalue weighted by Gasteiger charge is -2.23. The van der Waals surface area contributed by atoms with Crippen LogP contribution in [0.1, 0.15) is 42.1 Å². The normalized spacial score (nSPS) is 21.4. The summed E-state index contributed by atoms with van der Waals surface area (Å²) in [5.41, 5.74) is -0.404. The lowest BCUT2D eigenvalue weighted by molar-refractivity contribution is -0.138. The summed E-state index contributed by atoms with van der Waals surface area (Å²) in [6, 6.07) is 5.80. The van der Waals surface area contributed by atoms with E-state index in [2.05, 4.69) is 5.10 Å². The van der Waals surface area contributed by atoms with Crippen LogP contribution in [0.3, 0.4) is 0 Å². The molecule has 11 heteroatoms. The van der Waals surface area contributed by atoms with Gasteiger partial charge in [0.15, 0.2) is 14.6 Å². The van der Waals surface area contributed by atoms with Crippen LogP contribution in [0.4, 0.5) is 13.2 Å². The van der Waals surface area contributed by atoms with Crippen LogP contribution in [0.15, 0.2) is 24.3 Å². The molecule has 4 rings (SSSR count). The van der Waals surface area contributed by atoms with Gasteiger partial charge >= 0.3 is 6.18 Å². The van der Waals surface area contributed by atoms with E-state index in [4.69, 9.17) is 12.2 Å². The summed E-state index contributed by atoms with van der Waals surface area (Å²) >= 11 is 5.49. The van der Waals surface area contributed by atoms with Crippen molar-refractivity contribution in [3.05, 3.63) is 46.0 Å². The second-order valence-corrected chi connectivity index (χ2v) is 10.7. The Bertz CT molecular complexity index is 1100. The van der Waals surface area contributed by atoms with Gasteiger partial charge in [0.1, 0.15) is 5.82 Å². The van der Waals surface area contributed by atoms with Crippen molar-refractivity contribution in [3.8, 4) is 0 Å². The summed E-state index contributed by atoms with van der Waals surface area (Å²) < 4.78 is 67.6. The second-order valence-electron chi connectivity index (χ2n) is 8.07. The van der Waals surface area contributed by atoms with E-state index in [0.29, 0.717) is 17.0 Å². The van der Waals surface area contributed by atoms with E-state index in [1.54, 1.807) is 22.4 Å². The van der Waals surface area contributed by atoms with Crippen LogP contribution in [-0.2, 0) is 36.3 Å². The van der Waals surface area contributed by atoms with Gasteiger partial charge in [0, 0.05) is 25.6 Å². The number of hydrogen-bond donors (Lipinski definition) is 0. The highest BCUT2D eigenvalue weighted by Gasteiger charge is 2.36. The standard InChI is InChI=1S/C19H23F3N4O2S2/c1-24-17(14-8-9-30(27,28)11-14)23-26(18(24)29)12-25(15-6-7-15)10-13-4-2-3-5-16(13)19(20,21)22/h2-5,14-15H,6-12H2,1H3. The molecule has 1 unspecified atom stereocenters. The van der Waals surface area contributed by atoms with Gasteiger partial charge in [0.2, 0.25) is 0 Å². The van der Waals surface area contributed by atoms with Gasteiger partial charge in [-0.05, 0) is 43.1 Å². The fraction of sp³-hybridized carbons (Fsp3) is 0.579. The van der Waals surface area contributed by atoms with Gasteiger partial charge in [-0.1, -0.05) is 18.2 Å². The molecule has 2 heterocycles. The van der Waals surface area contributed by atoms with Crippen LogP contribution in [0.25, 0.3) is 0 Å². The molecule has 1 aliphatic heterocycles. The Balaban J connectivity index is 1.59. The Hall–Kier alpha value is -1.72. The fourth-order valence-corrected chi connectivity index (χ4v) is 5.94. The van der Waals surface area contributed by atoms with Gasteiger partial charge in [0.05, 0.1) is 23.7 Å². The van der Waals surface area contributed by atoms with Crippen molar-refractivity contribution in [2.24, 2.45) is 7.05 Å². The van der Waals surface area contributed by atoms with Crippen LogP contribution in [0, 0.1) is 4.77 Å². The molecule has 1 atom stereocenters. The van der Waals surface area contributed by atoms with Crippen molar-refractivity contribution in [1.82, 2.24) is 19.2 Å². The van der Waals surface area contributed by atoms with E-state index < -0.39 is 21.6 Å². The minimum atomic E-state index is -4.41. The highest BCUT2D eigenvalue weighted by atomic mass is 32.2. The molecule has 0 bridgehead atoms. The molecule has 0 spiro atoms. The minimum absolute atomic E-state index is 0.0535. The zero-order valence-corrected chi connectivity index (χ0v) is 18.1. The maximum Gasteiger partial charge on any atom is 0.416 e. The van der Waals surface area contributed by atoms with Gasteiger partial charge in [-0.2, -0.15) is 18.3 Å². The molecular formula is C19H23F3N4O2S2. The second kappa shape index (κ2) is 7.76. The number of aromatic nitrogens is 3. The molecule has 6 nitrogen and oxygen atoms in total. The van der Waals surface area contributed by atoms with Gasteiger partial charge < -0.3 is 4.57 Å². The summed E-state index contributed by atoms with van der Waals surface area (Å²) in [6.07, 6.45) is -2.06. The van der Waals surface area contributed by atoms with Gasteiger partial charge in [-0.3, -0.25) is 4.90 Å².